The van der Waals surface area contributed by atoms with Crippen LogP contribution in [0.2, 0.25) is 0 Å². The Morgan fingerprint density at radius 2 is 2.00 bits per heavy atom. The minimum atomic E-state index is -0.251. The van der Waals surface area contributed by atoms with Crippen molar-refractivity contribution in [3.05, 3.63) is 0 Å². The van der Waals surface area contributed by atoms with E-state index in [9.17, 15) is 4.79 Å². The van der Waals surface area contributed by atoms with Gasteiger partial charge in [0.2, 0.25) is 0 Å². The zero-order chi connectivity index (χ0) is 11.5. The molecule has 0 aromatic carbocycles. The summed E-state index contributed by atoms with van der Waals surface area (Å²) in [4.78, 5) is 11.2. The van der Waals surface area contributed by atoms with Gasteiger partial charge < -0.3 is 19.5 Å². The van der Waals surface area contributed by atoms with Crippen LogP contribution in [0.4, 0.5) is 0 Å². The average Bonchev–Trinajstić information content (AvgIpc) is 2.26. The van der Waals surface area contributed by atoms with Crippen LogP contribution in [0, 0.1) is 0 Å². The number of carbonyl (C=O) groups excluding carboxylic acids is 1. The van der Waals surface area contributed by atoms with Crippen LogP contribution in [0.25, 0.3) is 0 Å². The predicted molar refractivity (Wildman–Crippen MR) is 56.8 cm³/mol. The molecule has 0 aliphatic rings. The van der Waals surface area contributed by atoms with Crippen LogP contribution >= 0.6 is 0 Å². The van der Waals surface area contributed by atoms with Crippen molar-refractivity contribution in [3.63, 3.8) is 0 Å². The Morgan fingerprint density at radius 1 is 1.27 bits per heavy atom. The Morgan fingerprint density at radius 3 is 2.60 bits per heavy atom. The van der Waals surface area contributed by atoms with Gasteiger partial charge in [-0.3, -0.25) is 4.79 Å². The fraction of sp³-hybridized carbons (Fsp3) is 0.900. The summed E-state index contributed by atoms with van der Waals surface area (Å²) >= 11 is 0. The topological polar surface area (TPSA) is 56.8 Å². The molecule has 0 aliphatic heterocycles. The highest BCUT2D eigenvalue weighted by atomic mass is 16.5. The summed E-state index contributed by atoms with van der Waals surface area (Å²) in [7, 11) is 3.35. The van der Waals surface area contributed by atoms with Crippen LogP contribution in [0.3, 0.4) is 0 Å². The lowest BCUT2D eigenvalue weighted by Gasteiger charge is -2.10. The van der Waals surface area contributed by atoms with Gasteiger partial charge in [-0.1, -0.05) is 0 Å². The Hall–Kier alpha value is -0.650. The molecule has 1 unspecified atom stereocenters. The maximum Gasteiger partial charge on any atom is 0.322 e. The standard InChI is InChI=1S/C10H21NO4/c1-9(11-2)10(12)15-6-4-5-14-8-7-13-3/h9,11H,4-8H2,1-3H3. The number of hydrogen-bond donors (Lipinski definition) is 1. The first kappa shape index (κ1) is 14.3. The largest absolute Gasteiger partial charge is 0.464 e. The molecule has 0 radical (unpaired) electrons. The SMILES string of the molecule is CNC(C)C(=O)OCCCOCCOC. The van der Waals surface area contributed by atoms with E-state index in [2.05, 4.69) is 5.32 Å². The molecule has 0 heterocycles. The lowest BCUT2D eigenvalue weighted by molar-refractivity contribution is -0.145. The van der Waals surface area contributed by atoms with Crippen LogP contribution < -0.4 is 5.32 Å². The van der Waals surface area contributed by atoms with Crippen LogP contribution in [0.1, 0.15) is 13.3 Å². The van der Waals surface area contributed by atoms with E-state index in [1.807, 2.05) is 0 Å². The number of methoxy groups -OCH3 is 1. The number of ether oxygens (including phenoxy) is 3. The molecule has 0 rings (SSSR count). The summed E-state index contributed by atoms with van der Waals surface area (Å²) in [5.74, 6) is -0.227. The fourth-order valence-corrected chi connectivity index (χ4v) is 0.821. The van der Waals surface area contributed by atoms with Gasteiger partial charge in [0.15, 0.2) is 0 Å². The first-order valence-corrected chi connectivity index (χ1v) is 5.13. The molecule has 1 atom stereocenters. The molecule has 0 spiro atoms. The van der Waals surface area contributed by atoms with Crippen molar-refractivity contribution in [2.24, 2.45) is 0 Å². The van der Waals surface area contributed by atoms with Gasteiger partial charge in [0.05, 0.1) is 19.8 Å². The van der Waals surface area contributed by atoms with E-state index in [1.54, 1.807) is 21.1 Å². The molecule has 0 aromatic heterocycles. The van der Waals surface area contributed by atoms with Crippen molar-refractivity contribution >= 4 is 5.97 Å². The van der Waals surface area contributed by atoms with Gasteiger partial charge in [0.1, 0.15) is 6.04 Å². The highest BCUT2D eigenvalue weighted by molar-refractivity contribution is 5.75. The molecule has 0 aliphatic carbocycles. The fourth-order valence-electron chi connectivity index (χ4n) is 0.821. The second-order valence-corrected chi connectivity index (χ2v) is 3.14. The highest BCUT2D eigenvalue weighted by Gasteiger charge is 2.10. The molecule has 90 valence electrons. The summed E-state index contributed by atoms with van der Waals surface area (Å²) < 4.78 is 15.0. The lowest BCUT2D eigenvalue weighted by atomic mass is 10.3. The number of carbonyl (C=O) groups is 1. The number of hydrogen-bond acceptors (Lipinski definition) is 5. The van der Waals surface area contributed by atoms with E-state index in [-0.39, 0.29) is 12.0 Å². The van der Waals surface area contributed by atoms with Crippen LogP contribution in [0.15, 0.2) is 0 Å². The van der Waals surface area contributed by atoms with Gasteiger partial charge in [0, 0.05) is 20.1 Å². The smallest absolute Gasteiger partial charge is 0.322 e. The third-order valence-corrected chi connectivity index (χ3v) is 1.90. The van der Waals surface area contributed by atoms with Crippen LogP contribution in [-0.2, 0) is 19.0 Å². The molecular weight excluding hydrogens is 198 g/mol. The Bertz CT molecular complexity index is 164. The van der Waals surface area contributed by atoms with Gasteiger partial charge in [-0.15, -0.1) is 0 Å². The second-order valence-electron chi connectivity index (χ2n) is 3.14. The van der Waals surface area contributed by atoms with Crippen molar-refractivity contribution in [1.82, 2.24) is 5.32 Å². The zero-order valence-corrected chi connectivity index (χ0v) is 9.75. The Labute approximate surface area is 91.1 Å². The van der Waals surface area contributed by atoms with Crippen molar-refractivity contribution in [2.75, 3.05) is 40.6 Å². The maximum atomic E-state index is 11.2. The molecule has 1 N–H and O–H groups in total. The molecule has 0 saturated heterocycles. The first-order chi connectivity index (χ1) is 7.22. The highest BCUT2D eigenvalue weighted by Crippen LogP contribution is 1.90. The number of esters is 1. The number of rotatable bonds is 9. The number of likely N-dealkylation sites (N-methyl/N-ethyl adjacent to an activating group) is 1. The van der Waals surface area contributed by atoms with Gasteiger partial charge in [0.25, 0.3) is 0 Å². The normalized spacial score (nSPS) is 12.5. The predicted octanol–water partition coefficient (Wildman–Crippen LogP) is 0.191. The lowest BCUT2D eigenvalue weighted by Crippen LogP contribution is -2.32. The molecule has 0 amide bonds. The molecule has 15 heavy (non-hydrogen) atoms. The van der Waals surface area contributed by atoms with Crippen LogP contribution in [0.5, 0.6) is 0 Å². The third kappa shape index (κ3) is 8.35. The molecule has 5 nitrogen and oxygen atoms in total. The minimum absolute atomic E-state index is 0.227. The summed E-state index contributed by atoms with van der Waals surface area (Å²) in [5.41, 5.74) is 0. The summed E-state index contributed by atoms with van der Waals surface area (Å²) in [6, 6.07) is -0.251. The molecule has 0 bridgehead atoms. The molecule has 0 saturated carbocycles. The molecule has 0 fully saturated rings. The minimum Gasteiger partial charge on any atom is -0.464 e. The summed E-state index contributed by atoms with van der Waals surface area (Å²) in [5, 5.41) is 2.81. The Kier molecular flexibility index (Phi) is 9.46. The Balaban J connectivity index is 3.20. The molecule has 0 aromatic rings. The average molecular weight is 219 g/mol. The quantitative estimate of drug-likeness (QED) is 0.443. The number of nitrogens with one attached hydrogen (secondary N) is 1. The summed E-state index contributed by atoms with van der Waals surface area (Å²) in [6.45, 7) is 3.92. The van der Waals surface area contributed by atoms with E-state index in [0.29, 0.717) is 32.8 Å². The van der Waals surface area contributed by atoms with Crippen LogP contribution in [-0.4, -0.2) is 52.6 Å². The second kappa shape index (κ2) is 9.89. The monoisotopic (exact) mass is 219 g/mol. The van der Waals surface area contributed by atoms with Crippen molar-refractivity contribution in [2.45, 2.75) is 19.4 Å². The van der Waals surface area contributed by atoms with Gasteiger partial charge >= 0.3 is 5.97 Å². The zero-order valence-electron chi connectivity index (χ0n) is 9.75. The van der Waals surface area contributed by atoms with E-state index in [4.69, 9.17) is 14.2 Å². The molecule has 5 heteroatoms. The van der Waals surface area contributed by atoms with E-state index in [0.717, 1.165) is 0 Å². The van der Waals surface area contributed by atoms with E-state index in [1.165, 1.54) is 0 Å². The van der Waals surface area contributed by atoms with Gasteiger partial charge in [-0.2, -0.15) is 0 Å². The van der Waals surface area contributed by atoms with Crippen molar-refractivity contribution in [1.29, 1.82) is 0 Å². The third-order valence-electron chi connectivity index (χ3n) is 1.90. The van der Waals surface area contributed by atoms with Gasteiger partial charge in [-0.05, 0) is 14.0 Å². The summed E-state index contributed by atoms with van der Waals surface area (Å²) in [6.07, 6.45) is 0.714. The first-order valence-electron chi connectivity index (χ1n) is 5.13. The van der Waals surface area contributed by atoms with Crippen molar-refractivity contribution in [3.8, 4) is 0 Å². The van der Waals surface area contributed by atoms with E-state index >= 15 is 0 Å². The van der Waals surface area contributed by atoms with Crippen molar-refractivity contribution < 1.29 is 19.0 Å². The molecular formula is C10H21NO4. The maximum absolute atomic E-state index is 11.2. The van der Waals surface area contributed by atoms with E-state index < -0.39 is 0 Å². The van der Waals surface area contributed by atoms with Gasteiger partial charge in [-0.25, -0.2) is 0 Å².